The predicted molar refractivity (Wildman–Crippen MR) is 119 cm³/mol. The van der Waals surface area contributed by atoms with Crippen molar-refractivity contribution in [3.8, 4) is 0 Å². The first-order valence-corrected chi connectivity index (χ1v) is 10.9. The summed E-state index contributed by atoms with van der Waals surface area (Å²) >= 11 is 1.26. The van der Waals surface area contributed by atoms with Crippen molar-refractivity contribution in [2.75, 3.05) is 11.1 Å². The van der Waals surface area contributed by atoms with E-state index in [2.05, 4.69) is 20.8 Å². The van der Waals surface area contributed by atoms with E-state index in [-0.39, 0.29) is 17.2 Å². The minimum absolute atomic E-state index is 0.0284. The Bertz CT molecular complexity index is 1090. The third kappa shape index (κ3) is 5.69. The van der Waals surface area contributed by atoms with Crippen LogP contribution in [0.25, 0.3) is 0 Å². The molecule has 7 nitrogen and oxygen atoms in total. The maximum atomic E-state index is 13.9. The van der Waals surface area contributed by atoms with E-state index in [9.17, 15) is 14.0 Å². The second-order valence-corrected chi connectivity index (χ2v) is 7.91. The smallest absolute Gasteiger partial charge is 0.254 e. The number of carbonyl (C=O) groups excluding carboxylic acids is 2. The number of rotatable bonds is 8. The molecule has 0 aliphatic rings. The van der Waals surface area contributed by atoms with Gasteiger partial charge in [0.05, 0.1) is 17.4 Å². The van der Waals surface area contributed by atoms with Gasteiger partial charge in [-0.05, 0) is 50.6 Å². The van der Waals surface area contributed by atoms with E-state index in [0.29, 0.717) is 17.5 Å². The van der Waals surface area contributed by atoms with E-state index < -0.39 is 17.8 Å². The van der Waals surface area contributed by atoms with Gasteiger partial charge in [0.1, 0.15) is 5.82 Å². The van der Waals surface area contributed by atoms with Crippen LogP contribution in [0.15, 0.2) is 53.7 Å². The third-order valence-corrected chi connectivity index (χ3v) is 5.52. The molecule has 31 heavy (non-hydrogen) atoms. The summed E-state index contributed by atoms with van der Waals surface area (Å²) in [5.41, 5.74) is 1.78. The van der Waals surface area contributed by atoms with Gasteiger partial charge in [-0.25, -0.2) is 4.39 Å². The maximum absolute atomic E-state index is 13.9. The van der Waals surface area contributed by atoms with Crippen molar-refractivity contribution >= 4 is 29.3 Å². The molecule has 0 aliphatic heterocycles. The summed E-state index contributed by atoms with van der Waals surface area (Å²) in [6.45, 7) is 6.20. The average Bonchev–Trinajstić information content (AvgIpc) is 3.15. The van der Waals surface area contributed by atoms with Crippen LogP contribution in [-0.4, -0.2) is 32.3 Å². The van der Waals surface area contributed by atoms with Gasteiger partial charge in [0.15, 0.2) is 11.0 Å². The minimum Gasteiger partial charge on any atom is -0.342 e. The van der Waals surface area contributed by atoms with E-state index in [1.54, 1.807) is 13.0 Å². The summed E-state index contributed by atoms with van der Waals surface area (Å²) < 4.78 is 15.7. The summed E-state index contributed by atoms with van der Waals surface area (Å²) in [7, 11) is 0. The number of halogens is 1. The first-order valence-electron chi connectivity index (χ1n) is 9.86. The highest BCUT2D eigenvalue weighted by molar-refractivity contribution is 7.99. The molecule has 0 aliphatic carbocycles. The van der Waals surface area contributed by atoms with E-state index in [4.69, 9.17) is 0 Å². The number of carbonyl (C=O) groups is 2. The van der Waals surface area contributed by atoms with Crippen molar-refractivity contribution in [3.63, 3.8) is 0 Å². The standard InChI is InChI=1S/C22H24FN5O2S/c1-4-28-20(15(3)24-21(30)17-10-5-6-11-18(17)23)26-27-22(28)31-13-19(29)25-16-9-7-8-14(2)12-16/h5-12,15H,4,13H2,1-3H3,(H,24,30)(H,25,29)/t15-/m1/s1. The molecular formula is C22H24FN5O2S. The summed E-state index contributed by atoms with van der Waals surface area (Å²) in [6, 6.07) is 12.9. The Labute approximate surface area is 184 Å². The molecule has 2 aromatic carbocycles. The molecule has 1 heterocycles. The number of hydrogen-bond donors (Lipinski definition) is 2. The molecular weight excluding hydrogens is 417 g/mol. The Kier molecular flexibility index (Phi) is 7.41. The molecule has 162 valence electrons. The van der Waals surface area contributed by atoms with Gasteiger partial charge in [0, 0.05) is 12.2 Å². The summed E-state index contributed by atoms with van der Waals surface area (Å²) in [5.74, 6) is -0.553. The lowest BCUT2D eigenvalue weighted by molar-refractivity contribution is -0.113. The van der Waals surface area contributed by atoms with Gasteiger partial charge in [-0.15, -0.1) is 10.2 Å². The van der Waals surface area contributed by atoms with Crippen molar-refractivity contribution < 1.29 is 14.0 Å². The number of hydrogen-bond acceptors (Lipinski definition) is 5. The van der Waals surface area contributed by atoms with E-state index >= 15 is 0 Å². The van der Waals surface area contributed by atoms with Crippen molar-refractivity contribution in [3.05, 3.63) is 71.3 Å². The molecule has 0 saturated carbocycles. The van der Waals surface area contributed by atoms with Gasteiger partial charge in [-0.1, -0.05) is 36.0 Å². The molecule has 0 unspecified atom stereocenters. The topological polar surface area (TPSA) is 88.9 Å². The van der Waals surface area contributed by atoms with Crippen molar-refractivity contribution in [2.24, 2.45) is 0 Å². The number of amides is 2. The molecule has 2 amide bonds. The third-order valence-electron chi connectivity index (χ3n) is 4.55. The monoisotopic (exact) mass is 441 g/mol. The van der Waals surface area contributed by atoms with Crippen molar-refractivity contribution in [2.45, 2.75) is 38.5 Å². The molecule has 3 rings (SSSR count). The maximum Gasteiger partial charge on any atom is 0.254 e. The molecule has 0 bridgehead atoms. The molecule has 0 spiro atoms. The van der Waals surface area contributed by atoms with Gasteiger partial charge in [-0.2, -0.15) is 0 Å². The zero-order chi connectivity index (χ0) is 22.4. The lowest BCUT2D eigenvalue weighted by atomic mass is 10.2. The molecule has 1 aromatic heterocycles. The zero-order valence-corrected chi connectivity index (χ0v) is 18.4. The Balaban J connectivity index is 1.63. The van der Waals surface area contributed by atoms with E-state index in [0.717, 1.165) is 11.3 Å². The second-order valence-electron chi connectivity index (χ2n) is 6.97. The quantitative estimate of drug-likeness (QED) is 0.517. The fourth-order valence-electron chi connectivity index (χ4n) is 3.06. The average molecular weight is 442 g/mol. The van der Waals surface area contributed by atoms with Gasteiger partial charge in [-0.3, -0.25) is 9.59 Å². The van der Waals surface area contributed by atoms with Gasteiger partial charge in [0.2, 0.25) is 5.91 Å². The number of anilines is 1. The van der Waals surface area contributed by atoms with Crippen molar-refractivity contribution in [1.29, 1.82) is 0 Å². The Morgan fingerprint density at radius 3 is 2.65 bits per heavy atom. The van der Waals surface area contributed by atoms with Crippen molar-refractivity contribution in [1.82, 2.24) is 20.1 Å². The second kappa shape index (κ2) is 10.2. The van der Waals surface area contributed by atoms with Gasteiger partial charge >= 0.3 is 0 Å². The first kappa shape index (κ1) is 22.5. The Morgan fingerprint density at radius 1 is 1.16 bits per heavy atom. The van der Waals surface area contributed by atoms with Gasteiger partial charge < -0.3 is 15.2 Å². The molecule has 2 N–H and O–H groups in total. The van der Waals surface area contributed by atoms with Crippen LogP contribution >= 0.6 is 11.8 Å². The highest BCUT2D eigenvalue weighted by Gasteiger charge is 2.21. The predicted octanol–water partition coefficient (Wildman–Crippen LogP) is 3.97. The van der Waals surface area contributed by atoms with Crippen LogP contribution in [0.1, 0.15) is 41.6 Å². The molecule has 0 radical (unpaired) electrons. The Hall–Kier alpha value is -3.20. The normalized spacial score (nSPS) is 11.7. The SMILES string of the molecule is CCn1c(SCC(=O)Nc2cccc(C)c2)nnc1[C@@H](C)NC(=O)c1ccccc1F. The number of nitrogens with one attached hydrogen (secondary N) is 2. The molecule has 9 heteroatoms. The van der Waals surface area contributed by atoms with Crippen LogP contribution < -0.4 is 10.6 Å². The number of aryl methyl sites for hydroxylation is 1. The van der Waals surface area contributed by atoms with Crippen LogP contribution in [0.4, 0.5) is 10.1 Å². The molecule has 1 atom stereocenters. The molecule has 0 fully saturated rings. The molecule has 0 saturated heterocycles. The highest BCUT2D eigenvalue weighted by atomic mass is 32.2. The number of aromatic nitrogens is 3. The highest BCUT2D eigenvalue weighted by Crippen LogP contribution is 2.21. The largest absolute Gasteiger partial charge is 0.342 e. The summed E-state index contributed by atoms with van der Waals surface area (Å²) in [4.78, 5) is 24.7. The van der Waals surface area contributed by atoms with Crippen LogP contribution in [-0.2, 0) is 11.3 Å². The molecule has 3 aromatic rings. The van der Waals surface area contributed by atoms with Gasteiger partial charge in [0.25, 0.3) is 5.91 Å². The minimum atomic E-state index is -0.583. The Morgan fingerprint density at radius 2 is 1.94 bits per heavy atom. The summed E-state index contributed by atoms with van der Waals surface area (Å²) in [6.07, 6.45) is 0. The lowest BCUT2D eigenvalue weighted by Crippen LogP contribution is -2.29. The number of nitrogens with zero attached hydrogens (tertiary/aromatic N) is 3. The zero-order valence-electron chi connectivity index (χ0n) is 17.6. The fraction of sp³-hybridized carbons (Fsp3) is 0.273. The fourth-order valence-corrected chi connectivity index (χ4v) is 3.87. The first-order chi connectivity index (χ1) is 14.9. The van der Waals surface area contributed by atoms with Crippen LogP contribution in [0.2, 0.25) is 0 Å². The summed E-state index contributed by atoms with van der Waals surface area (Å²) in [5, 5.41) is 14.5. The van der Waals surface area contributed by atoms with E-state index in [1.165, 1.54) is 30.0 Å². The van der Waals surface area contributed by atoms with Crippen LogP contribution in [0, 0.1) is 12.7 Å². The van der Waals surface area contributed by atoms with Crippen LogP contribution in [0.5, 0.6) is 0 Å². The lowest BCUT2D eigenvalue weighted by Gasteiger charge is -2.15. The van der Waals surface area contributed by atoms with Crippen LogP contribution in [0.3, 0.4) is 0 Å². The van der Waals surface area contributed by atoms with E-state index in [1.807, 2.05) is 42.7 Å². The number of thioether (sulfide) groups is 1. The number of benzene rings is 2.